The van der Waals surface area contributed by atoms with Crippen molar-refractivity contribution in [1.29, 1.82) is 0 Å². The van der Waals surface area contributed by atoms with E-state index in [0.29, 0.717) is 16.4 Å². The van der Waals surface area contributed by atoms with Crippen molar-refractivity contribution in [3.05, 3.63) is 57.0 Å². The summed E-state index contributed by atoms with van der Waals surface area (Å²) in [6, 6.07) is 8.77. The van der Waals surface area contributed by atoms with Crippen LogP contribution in [0.3, 0.4) is 0 Å². The fourth-order valence-electron chi connectivity index (χ4n) is 2.21. The summed E-state index contributed by atoms with van der Waals surface area (Å²) in [6.45, 7) is 3.74. The molecule has 19 heavy (non-hydrogen) atoms. The van der Waals surface area contributed by atoms with Gasteiger partial charge in [0.05, 0.1) is 21.8 Å². The van der Waals surface area contributed by atoms with Gasteiger partial charge in [-0.1, -0.05) is 23.7 Å². The van der Waals surface area contributed by atoms with Gasteiger partial charge < -0.3 is 4.42 Å². The maximum Gasteiger partial charge on any atom is 0.337 e. The van der Waals surface area contributed by atoms with Gasteiger partial charge >= 0.3 is 5.63 Å². The van der Waals surface area contributed by atoms with Crippen LogP contribution in [0.15, 0.2) is 39.5 Å². The maximum atomic E-state index is 11.5. The average molecular weight is 275 g/mol. The van der Waals surface area contributed by atoms with E-state index < -0.39 is 5.63 Å². The van der Waals surface area contributed by atoms with Crippen LogP contribution in [-0.4, -0.2) is 9.78 Å². The fraction of sp³-hybridized carbons (Fsp3) is 0.143. The Kier molecular flexibility index (Phi) is 2.68. The number of halogens is 1. The minimum absolute atomic E-state index is 0.391. The van der Waals surface area contributed by atoms with Crippen LogP contribution < -0.4 is 5.63 Å². The molecule has 0 radical (unpaired) electrons. The van der Waals surface area contributed by atoms with Crippen molar-refractivity contribution in [2.24, 2.45) is 0 Å². The van der Waals surface area contributed by atoms with Crippen molar-refractivity contribution < 1.29 is 4.42 Å². The second-order valence-electron chi connectivity index (χ2n) is 4.38. The number of hydrogen-bond acceptors (Lipinski definition) is 3. The molecule has 0 aliphatic rings. The molecule has 0 fully saturated rings. The Morgan fingerprint density at radius 1 is 1.26 bits per heavy atom. The summed E-state index contributed by atoms with van der Waals surface area (Å²) in [5.41, 5.74) is 2.38. The molecular formula is C14H11ClN2O2. The first-order valence-electron chi connectivity index (χ1n) is 5.83. The lowest BCUT2D eigenvalue weighted by Crippen LogP contribution is -2.02. The minimum atomic E-state index is -0.391. The summed E-state index contributed by atoms with van der Waals surface area (Å²) in [5.74, 6) is 0. The number of aromatic nitrogens is 2. The molecule has 5 heteroatoms. The van der Waals surface area contributed by atoms with E-state index in [4.69, 9.17) is 16.0 Å². The Labute approximate surface area is 114 Å². The van der Waals surface area contributed by atoms with Crippen LogP contribution in [0.25, 0.3) is 16.8 Å². The van der Waals surface area contributed by atoms with Crippen LogP contribution in [0.2, 0.25) is 5.02 Å². The molecule has 4 nitrogen and oxygen atoms in total. The van der Waals surface area contributed by atoms with Gasteiger partial charge in [-0.3, -0.25) is 0 Å². The highest BCUT2D eigenvalue weighted by atomic mass is 35.5. The Morgan fingerprint density at radius 3 is 2.74 bits per heavy atom. The summed E-state index contributed by atoms with van der Waals surface area (Å²) in [4.78, 5) is 11.5. The molecule has 2 heterocycles. The zero-order valence-electron chi connectivity index (χ0n) is 10.5. The summed E-state index contributed by atoms with van der Waals surface area (Å²) < 4.78 is 6.86. The second kappa shape index (κ2) is 4.24. The number of fused-ring (bicyclic) bond motifs is 1. The molecule has 0 saturated carbocycles. The van der Waals surface area contributed by atoms with E-state index in [1.165, 1.54) is 6.07 Å². The lowest BCUT2D eigenvalue weighted by Gasteiger charge is -2.04. The Balaban J connectivity index is 2.44. The van der Waals surface area contributed by atoms with E-state index in [1.54, 1.807) is 10.7 Å². The number of nitrogens with zero attached hydrogens (tertiary/aromatic N) is 2. The third kappa shape index (κ3) is 1.85. The molecule has 0 amide bonds. The highest BCUT2D eigenvalue weighted by molar-refractivity contribution is 6.32. The summed E-state index contributed by atoms with van der Waals surface area (Å²) >= 11 is 6.17. The number of hydrogen-bond donors (Lipinski definition) is 0. The van der Waals surface area contributed by atoms with E-state index in [9.17, 15) is 4.79 Å². The minimum Gasteiger partial charge on any atom is -0.403 e. The molecule has 0 atom stereocenters. The third-order valence-electron chi connectivity index (χ3n) is 3.02. The second-order valence-corrected chi connectivity index (χ2v) is 4.78. The van der Waals surface area contributed by atoms with Crippen molar-refractivity contribution in [2.45, 2.75) is 13.8 Å². The number of aryl methyl sites for hydroxylation is 2. The zero-order valence-corrected chi connectivity index (χ0v) is 11.2. The van der Waals surface area contributed by atoms with Crippen molar-refractivity contribution >= 4 is 22.7 Å². The topological polar surface area (TPSA) is 48.0 Å². The molecule has 0 N–H and O–H groups in total. The van der Waals surface area contributed by atoms with Gasteiger partial charge in [-0.2, -0.15) is 9.78 Å². The van der Waals surface area contributed by atoms with Crippen LogP contribution in [0.1, 0.15) is 11.3 Å². The lowest BCUT2D eigenvalue weighted by atomic mass is 10.2. The van der Waals surface area contributed by atoms with Gasteiger partial charge in [-0.15, -0.1) is 0 Å². The SMILES string of the molecule is Cc1cc(=O)oc2c1c(C)nn2-c1ccccc1Cl. The molecule has 3 rings (SSSR count). The first kappa shape index (κ1) is 12.0. The lowest BCUT2D eigenvalue weighted by molar-refractivity contribution is 0.534. The van der Waals surface area contributed by atoms with Crippen LogP contribution >= 0.6 is 11.6 Å². The zero-order chi connectivity index (χ0) is 13.6. The van der Waals surface area contributed by atoms with Gasteiger partial charge in [0.1, 0.15) is 0 Å². The summed E-state index contributed by atoms with van der Waals surface area (Å²) in [6.07, 6.45) is 0. The van der Waals surface area contributed by atoms with Crippen molar-refractivity contribution in [2.75, 3.05) is 0 Å². The molecule has 0 saturated heterocycles. The van der Waals surface area contributed by atoms with Gasteiger partial charge in [-0.05, 0) is 31.5 Å². The Bertz CT molecular complexity index is 833. The van der Waals surface area contributed by atoms with Crippen LogP contribution in [0, 0.1) is 13.8 Å². The molecule has 0 spiro atoms. The molecule has 0 unspecified atom stereocenters. The smallest absolute Gasteiger partial charge is 0.337 e. The van der Waals surface area contributed by atoms with Crippen LogP contribution in [0.4, 0.5) is 0 Å². The quantitative estimate of drug-likeness (QED) is 0.684. The maximum absolute atomic E-state index is 11.5. The highest BCUT2D eigenvalue weighted by Crippen LogP contribution is 2.26. The molecular weight excluding hydrogens is 264 g/mol. The van der Waals surface area contributed by atoms with Crippen molar-refractivity contribution in [1.82, 2.24) is 9.78 Å². The molecule has 3 aromatic rings. The first-order valence-corrected chi connectivity index (χ1v) is 6.20. The predicted molar refractivity (Wildman–Crippen MR) is 74.1 cm³/mol. The summed E-state index contributed by atoms with van der Waals surface area (Å²) in [7, 11) is 0. The van der Waals surface area contributed by atoms with Gasteiger partial charge in [0.25, 0.3) is 0 Å². The van der Waals surface area contributed by atoms with Crippen molar-refractivity contribution in [3.63, 3.8) is 0 Å². The van der Waals surface area contributed by atoms with E-state index in [-0.39, 0.29) is 0 Å². The molecule has 0 aliphatic heterocycles. The predicted octanol–water partition coefficient (Wildman–Crippen LogP) is 3.25. The molecule has 96 valence electrons. The Hall–Kier alpha value is -2.07. The Morgan fingerprint density at radius 2 is 2.00 bits per heavy atom. The normalized spacial score (nSPS) is 11.1. The van der Waals surface area contributed by atoms with E-state index in [0.717, 1.165) is 16.6 Å². The standard InChI is InChI=1S/C14H11ClN2O2/c1-8-7-12(18)19-14-13(8)9(2)16-17(14)11-6-4-3-5-10(11)15/h3-7H,1-2H3. The summed E-state index contributed by atoms with van der Waals surface area (Å²) in [5, 5.41) is 5.82. The highest BCUT2D eigenvalue weighted by Gasteiger charge is 2.15. The van der Waals surface area contributed by atoms with Crippen LogP contribution in [0.5, 0.6) is 0 Å². The van der Waals surface area contributed by atoms with Crippen molar-refractivity contribution in [3.8, 4) is 5.69 Å². The number of benzene rings is 1. The van der Waals surface area contributed by atoms with E-state index >= 15 is 0 Å². The fourth-order valence-corrected chi connectivity index (χ4v) is 2.43. The van der Waals surface area contributed by atoms with E-state index in [2.05, 4.69) is 5.10 Å². The van der Waals surface area contributed by atoms with E-state index in [1.807, 2.05) is 32.0 Å². The molecule has 2 aromatic heterocycles. The molecule has 1 aromatic carbocycles. The van der Waals surface area contributed by atoms with Gasteiger partial charge in [-0.25, -0.2) is 4.79 Å². The van der Waals surface area contributed by atoms with Crippen LogP contribution in [-0.2, 0) is 0 Å². The largest absolute Gasteiger partial charge is 0.403 e. The third-order valence-corrected chi connectivity index (χ3v) is 3.34. The molecule has 0 aliphatic carbocycles. The first-order chi connectivity index (χ1) is 9.08. The van der Waals surface area contributed by atoms with Gasteiger partial charge in [0.15, 0.2) is 0 Å². The molecule has 0 bridgehead atoms. The number of para-hydroxylation sites is 1. The number of rotatable bonds is 1. The van der Waals surface area contributed by atoms with Gasteiger partial charge in [0, 0.05) is 6.07 Å². The average Bonchev–Trinajstić information content (AvgIpc) is 2.67. The monoisotopic (exact) mass is 274 g/mol. The van der Waals surface area contributed by atoms with Gasteiger partial charge in [0.2, 0.25) is 5.71 Å².